The fourth-order valence-electron chi connectivity index (χ4n) is 2.50. The van der Waals surface area contributed by atoms with Crippen LogP contribution in [-0.4, -0.2) is 42.8 Å². The van der Waals surface area contributed by atoms with Crippen molar-refractivity contribution < 1.29 is 4.74 Å². The van der Waals surface area contributed by atoms with Gasteiger partial charge < -0.3 is 10.5 Å². The topological polar surface area (TPSA) is 38.5 Å². The lowest BCUT2D eigenvalue weighted by Crippen LogP contribution is -2.59. The van der Waals surface area contributed by atoms with E-state index in [9.17, 15) is 0 Å². The van der Waals surface area contributed by atoms with Crippen molar-refractivity contribution in [1.82, 2.24) is 4.90 Å². The largest absolute Gasteiger partial charge is 0.377 e. The van der Waals surface area contributed by atoms with Gasteiger partial charge in [-0.05, 0) is 39.2 Å². The highest BCUT2D eigenvalue weighted by Crippen LogP contribution is 2.27. The van der Waals surface area contributed by atoms with Gasteiger partial charge in [0.2, 0.25) is 0 Å². The molecule has 0 aromatic heterocycles. The van der Waals surface area contributed by atoms with Gasteiger partial charge in [-0.1, -0.05) is 13.8 Å². The minimum absolute atomic E-state index is 0.121. The van der Waals surface area contributed by atoms with E-state index in [-0.39, 0.29) is 5.54 Å². The van der Waals surface area contributed by atoms with Crippen molar-refractivity contribution in [3.05, 3.63) is 0 Å². The second-order valence-corrected chi connectivity index (χ2v) is 5.38. The third-order valence-electron chi connectivity index (χ3n) is 4.16. The minimum Gasteiger partial charge on any atom is -0.377 e. The Kier molecular flexibility index (Phi) is 5.22. The molecule has 3 heteroatoms. The van der Waals surface area contributed by atoms with Crippen LogP contribution in [0.25, 0.3) is 0 Å². The molecule has 2 unspecified atom stereocenters. The first kappa shape index (κ1) is 13.9. The molecule has 0 aromatic carbocycles. The van der Waals surface area contributed by atoms with Gasteiger partial charge in [0.05, 0.1) is 6.10 Å². The quantitative estimate of drug-likeness (QED) is 0.780. The van der Waals surface area contributed by atoms with E-state index >= 15 is 0 Å². The molecular weight excluding hydrogens is 200 g/mol. The van der Waals surface area contributed by atoms with E-state index in [0.717, 1.165) is 26.2 Å². The van der Waals surface area contributed by atoms with Crippen LogP contribution < -0.4 is 5.73 Å². The van der Waals surface area contributed by atoms with Crippen LogP contribution in [0.15, 0.2) is 0 Å². The van der Waals surface area contributed by atoms with Gasteiger partial charge in [-0.3, -0.25) is 4.90 Å². The van der Waals surface area contributed by atoms with Crippen LogP contribution in [0, 0.1) is 5.92 Å². The summed E-state index contributed by atoms with van der Waals surface area (Å²) in [5, 5.41) is 0. The molecule has 3 nitrogen and oxygen atoms in total. The smallest absolute Gasteiger partial charge is 0.0702 e. The molecular formula is C13H28N2O. The van der Waals surface area contributed by atoms with Crippen molar-refractivity contribution in [1.29, 1.82) is 0 Å². The molecule has 96 valence electrons. The second kappa shape index (κ2) is 5.99. The molecule has 2 atom stereocenters. The van der Waals surface area contributed by atoms with Crippen molar-refractivity contribution in [2.45, 2.75) is 52.2 Å². The Hall–Kier alpha value is -0.120. The summed E-state index contributed by atoms with van der Waals surface area (Å²) in [4.78, 5) is 2.53. The first-order valence-electron chi connectivity index (χ1n) is 6.61. The molecule has 1 aliphatic heterocycles. The Morgan fingerprint density at radius 1 is 1.50 bits per heavy atom. The van der Waals surface area contributed by atoms with Crippen LogP contribution in [0.1, 0.15) is 40.5 Å². The van der Waals surface area contributed by atoms with Gasteiger partial charge in [0.15, 0.2) is 0 Å². The van der Waals surface area contributed by atoms with Crippen LogP contribution in [0.5, 0.6) is 0 Å². The summed E-state index contributed by atoms with van der Waals surface area (Å²) in [6, 6.07) is 0. The highest BCUT2D eigenvalue weighted by Gasteiger charge is 2.36. The van der Waals surface area contributed by atoms with E-state index in [4.69, 9.17) is 10.5 Å². The van der Waals surface area contributed by atoms with Crippen molar-refractivity contribution >= 4 is 0 Å². The molecule has 1 aliphatic rings. The lowest BCUT2D eigenvalue weighted by Gasteiger charge is -2.47. The summed E-state index contributed by atoms with van der Waals surface area (Å²) in [6.07, 6.45) is 2.83. The summed E-state index contributed by atoms with van der Waals surface area (Å²) in [7, 11) is 0. The average molecular weight is 228 g/mol. The van der Waals surface area contributed by atoms with Gasteiger partial charge >= 0.3 is 0 Å². The number of nitrogens with two attached hydrogens (primary N) is 1. The number of rotatable bonds is 5. The lowest BCUT2D eigenvalue weighted by molar-refractivity contribution is -0.0405. The second-order valence-electron chi connectivity index (χ2n) is 5.38. The van der Waals surface area contributed by atoms with E-state index in [2.05, 4.69) is 32.6 Å². The Morgan fingerprint density at radius 2 is 2.19 bits per heavy atom. The van der Waals surface area contributed by atoms with Gasteiger partial charge in [-0.2, -0.15) is 0 Å². The predicted molar refractivity (Wildman–Crippen MR) is 68.5 cm³/mol. The zero-order chi connectivity index (χ0) is 12.2. The summed E-state index contributed by atoms with van der Waals surface area (Å²) in [5.74, 6) is 0.581. The predicted octanol–water partition coefficient (Wildman–Crippen LogP) is 1.86. The summed E-state index contributed by atoms with van der Waals surface area (Å²) in [6.45, 7) is 12.6. The first-order chi connectivity index (χ1) is 7.54. The molecule has 0 aliphatic carbocycles. The number of likely N-dealkylation sites (tertiary alicyclic amines) is 1. The van der Waals surface area contributed by atoms with Crippen LogP contribution in [0.2, 0.25) is 0 Å². The third kappa shape index (κ3) is 2.96. The molecule has 1 rings (SSSR count). The molecule has 0 radical (unpaired) electrons. The molecule has 1 fully saturated rings. The number of hydrogen-bond donors (Lipinski definition) is 1. The molecule has 0 bridgehead atoms. The van der Waals surface area contributed by atoms with Gasteiger partial charge in [0.25, 0.3) is 0 Å². The van der Waals surface area contributed by atoms with E-state index in [0.29, 0.717) is 12.0 Å². The number of ether oxygens (including phenoxy) is 1. The zero-order valence-corrected chi connectivity index (χ0v) is 11.3. The Morgan fingerprint density at radius 3 is 2.69 bits per heavy atom. The maximum absolute atomic E-state index is 5.98. The van der Waals surface area contributed by atoms with E-state index in [1.807, 2.05) is 0 Å². The number of piperidine rings is 1. The Balaban J connectivity index is 2.64. The maximum atomic E-state index is 5.98. The van der Waals surface area contributed by atoms with Crippen LogP contribution in [-0.2, 0) is 4.74 Å². The fraction of sp³-hybridized carbons (Fsp3) is 1.00. The number of nitrogens with zero attached hydrogens (tertiary/aromatic N) is 1. The van der Waals surface area contributed by atoms with E-state index in [1.54, 1.807) is 0 Å². The lowest BCUT2D eigenvalue weighted by atomic mass is 9.85. The summed E-state index contributed by atoms with van der Waals surface area (Å²) in [5.41, 5.74) is 6.10. The fourth-order valence-corrected chi connectivity index (χ4v) is 2.50. The Bertz CT molecular complexity index is 206. The van der Waals surface area contributed by atoms with Crippen molar-refractivity contribution in [3.63, 3.8) is 0 Å². The van der Waals surface area contributed by atoms with Gasteiger partial charge in [-0.15, -0.1) is 0 Å². The van der Waals surface area contributed by atoms with E-state index < -0.39 is 0 Å². The molecule has 16 heavy (non-hydrogen) atoms. The highest BCUT2D eigenvalue weighted by molar-refractivity contribution is 4.93. The van der Waals surface area contributed by atoms with Crippen LogP contribution in [0.3, 0.4) is 0 Å². The summed E-state index contributed by atoms with van der Waals surface area (Å²) >= 11 is 0. The Labute approximate surface area is 100 Å². The molecule has 0 aromatic rings. The number of hydrogen-bond acceptors (Lipinski definition) is 3. The molecule has 2 N–H and O–H groups in total. The minimum atomic E-state index is 0.121. The third-order valence-corrected chi connectivity index (χ3v) is 4.16. The maximum Gasteiger partial charge on any atom is 0.0702 e. The summed E-state index contributed by atoms with van der Waals surface area (Å²) < 4.78 is 5.75. The highest BCUT2D eigenvalue weighted by atomic mass is 16.5. The SMILES string of the molecule is CCOC1CCCN(C(C)(CN)C(C)C)C1. The van der Waals surface area contributed by atoms with Crippen LogP contribution >= 0.6 is 0 Å². The molecule has 1 saturated heterocycles. The van der Waals surface area contributed by atoms with Crippen molar-refractivity contribution in [2.24, 2.45) is 11.7 Å². The normalized spacial score (nSPS) is 27.0. The molecule has 0 saturated carbocycles. The van der Waals surface area contributed by atoms with Gasteiger partial charge in [0, 0.05) is 25.2 Å². The monoisotopic (exact) mass is 228 g/mol. The molecule has 0 spiro atoms. The molecule has 1 heterocycles. The zero-order valence-electron chi connectivity index (χ0n) is 11.3. The standard InChI is InChI=1S/C13H28N2O/c1-5-16-12-7-6-8-15(9-12)13(4,10-14)11(2)3/h11-12H,5-10,14H2,1-4H3. The van der Waals surface area contributed by atoms with E-state index in [1.165, 1.54) is 12.8 Å². The molecule has 0 amide bonds. The first-order valence-corrected chi connectivity index (χ1v) is 6.61. The van der Waals surface area contributed by atoms with Crippen molar-refractivity contribution in [2.75, 3.05) is 26.2 Å². The van der Waals surface area contributed by atoms with Gasteiger partial charge in [-0.25, -0.2) is 0 Å². The average Bonchev–Trinajstić information content (AvgIpc) is 2.28. The van der Waals surface area contributed by atoms with Crippen LogP contribution in [0.4, 0.5) is 0 Å². The van der Waals surface area contributed by atoms with Gasteiger partial charge in [0.1, 0.15) is 0 Å². The van der Waals surface area contributed by atoms with Crippen molar-refractivity contribution in [3.8, 4) is 0 Å².